The maximum absolute atomic E-state index is 6.36. The summed E-state index contributed by atoms with van der Waals surface area (Å²) >= 11 is 13.9. The molecule has 1 aromatic carbocycles. The van der Waals surface area contributed by atoms with Gasteiger partial charge in [0.25, 0.3) is 0 Å². The van der Waals surface area contributed by atoms with E-state index in [9.17, 15) is 0 Å². The minimum absolute atomic E-state index is 0.0418. The molecule has 0 spiro atoms. The molecule has 0 aliphatic carbocycles. The molecule has 1 N–H and O–H groups in total. The third-order valence-electron chi connectivity index (χ3n) is 2.98. The molecule has 2 rings (SSSR count). The van der Waals surface area contributed by atoms with E-state index in [1.807, 2.05) is 25.2 Å². The standard InChI is InChI=1S/C14H15Cl2NO2S/c1-17-14(12-4-5-13(16)20-12)8-6-10(18-2)11(19-3)7-9(8)15/h4-7,14,17H,1-3H3. The number of rotatable bonds is 5. The van der Waals surface area contributed by atoms with Gasteiger partial charge in [-0.25, -0.2) is 0 Å². The van der Waals surface area contributed by atoms with E-state index >= 15 is 0 Å². The Bertz CT molecular complexity index is 601. The van der Waals surface area contributed by atoms with Gasteiger partial charge in [-0.05, 0) is 30.8 Å². The van der Waals surface area contributed by atoms with Gasteiger partial charge < -0.3 is 14.8 Å². The average molecular weight is 332 g/mol. The highest BCUT2D eigenvalue weighted by atomic mass is 35.5. The summed E-state index contributed by atoms with van der Waals surface area (Å²) in [4.78, 5) is 1.09. The Balaban J connectivity index is 2.49. The molecule has 20 heavy (non-hydrogen) atoms. The lowest BCUT2D eigenvalue weighted by molar-refractivity contribution is 0.354. The second kappa shape index (κ2) is 6.68. The SMILES string of the molecule is CNC(c1ccc(Cl)s1)c1cc(OC)c(OC)cc1Cl. The van der Waals surface area contributed by atoms with Gasteiger partial charge in [-0.15, -0.1) is 11.3 Å². The molecule has 108 valence electrons. The van der Waals surface area contributed by atoms with Crippen LogP contribution in [-0.4, -0.2) is 21.3 Å². The lowest BCUT2D eigenvalue weighted by atomic mass is 10.0. The van der Waals surface area contributed by atoms with Crippen molar-refractivity contribution < 1.29 is 9.47 Å². The minimum Gasteiger partial charge on any atom is -0.493 e. The summed E-state index contributed by atoms with van der Waals surface area (Å²) < 4.78 is 11.3. The van der Waals surface area contributed by atoms with Crippen LogP contribution in [0.5, 0.6) is 11.5 Å². The molecule has 1 atom stereocenters. The number of hydrogen-bond acceptors (Lipinski definition) is 4. The van der Waals surface area contributed by atoms with Crippen molar-refractivity contribution in [3.05, 3.63) is 44.1 Å². The first-order valence-corrected chi connectivity index (χ1v) is 7.51. The Kier molecular flexibility index (Phi) is 5.16. The van der Waals surface area contributed by atoms with Gasteiger partial charge in [0.1, 0.15) is 0 Å². The quantitative estimate of drug-likeness (QED) is 0.881. The fourth-order valence-electron chi connectivity index (χ4n) is 2.03. The molecule has 0 radical (unpaired) electrons. The smallest absolute Gasteiger partial charge is 0.162 e. The van der Waals surface area contributed by atoms with E-state index in [-0.39, 0.29) is 6.04 Å². The number of ether oxygens (including phenoxy) is 2. The summed E-state index contributed by atoms with van der Waals surface area (Å²) in [6, 6.07) is 7.47. The van der Waals surface area contributed by atoms with E-state index in [0.29, 0.717) is 16.5 Å². The van der Waals surface area contributed by atoms with Gasteiger partial charge in [0.2, 0.25) is 0 Å². The van der Waals surface area contributed by atoms with Crippen LogP contribution in [0.15, 0.2) is 24.3 Å². The first-order chi connectivity index (χ1) is 9.60. The zero-order chi connectivity index (χ0) is 14.7. The molecule has 1 aromatic heterocycles. The molecule has 0 fully saturated rings. The number of hydrogen-bond donors (Lipinski definition) is 1. The zero-order valence-electron chi connectivity index (χ0n) is 11.4. The van der Waals surface area contributed by atoms with Crippen LogP contribution in [-0.2, 0) is 0 Å². The van der Waals surface area contributed by atoms with Crippen LogP contribution < -0.4 is 14.8 Å². The Morgan fingerprint density at radius 2 is 1.75 bits per heavy atom. The third kappa shape index (κ3) is 3.04. The molecule has 0 aliphatic rings. The van der Waals surface area contributed by atoms with Crippen molar-refractivity contribution in [1.82, 2.24) is 5.32 Å². The van der Waals surface area contributed by atoms with Crippen molar-refractivity contribution in [2.75, 3.05) is 21.3 Å². The Morgan fingerprint density at radius 3 is 2.25 bits per heavy atom. The molecule has 0 aliphatic heterocycles. The summed E-state index contributed by atoms with van der Waals surface area (Å²) in [6.45, 7) is 0. The van der Waals surface area contributed by atoms with Crippen LogP contribution >= 0.6 is 34.5 Å². The summed E-state index contributed by atoms with van der Waals surface area (Å²) in [5.74, 6) is 1.26. The molecule has 0 amide bonds. The molecular weight excluding hydrogens is 317 g/mol. The summed E-state index contributed by atoms with van der Waals surface area (Å²) in [6.07, 6.45) is 0. The number of benzene rings is 1. The molecular formula is C14H15Cl2NO2S. The largest absolute Gasteiger partial charge is 0.493 e. The zero-order valence-corrected chi connectivity index (χ0v) is 13.7. The van der Waals surface area contributed by atoms with Gasteiger partial charge in [-0.2, -0.15) is 0 Å². The number of thiophene rings is 1. The maximum Gasteiger partial charge on any atom is 0.162 e. The third-order valence-corrected chi connectivity index (χ3v) is 4.60. The first kappa shape index (κ1) is 15.4. The van der Waals surface area contributed by atoms with Crippen LogP contribution in [0.4, 0.5) is 0 Å². The highest BCUT2D eigenvalue weighted by Crippen LogP contribution is 2.39. The Morgan fingerprint density at radius 1 is 1.10 bits per heavy atom. The first-order valence-electron chi connectivity index (χ1n) is 5.94. The average Bonchev–Trinajstić information content (AvgIpc) is 2.87. The highest BCUT2D eigenvalue weighted by Gasteiger charge is 2.20. The number of halogens is 2. The number of nitrogens with one attached hydrogen (secondary N) is 1. The summed E-state index contributed by atoms with van der Waals surface area (Å²) in [7, 11) is 5.07. The van der Waals surface area contributed by atoms with E-state index in [4.69, 9.17) is 32.7 Å². The minimum atomic E-state index is -0.0418. The van der Waals surface area contributed by atoms with Crippen molar-refractivity contribution in [3.8, 4) is 11.5 Å². The van der Waals surface area contributed by atoms with Crippen molar-refractivity contribution in [2.24, 2.45) is 0 Å². The molecule has 6 heteroatoms. The maximum atomic E-state index is 6.36. The molecule has 1 heterocycles. The lowest BCUT2D eigenvalue weighted by Crippen LogP contribution is -2.17. The predicted octanol–water partition coefficient (Wildman–Crippen LogP) is 4.38. The molecule has 2 aromatic rings. The van der Waals surface area contributed by atoms with Crippen LogP contribution in [0.3, 0.4) is 0 Å². The van der Waals surface area contributed by atoms with Gasteiger partial charge in [0.05, 0.1) is 24.6 Å². The summed E-state index contributed by atoms with van der Waals surface area (Å²) in [5.41, 5.74) is 0.922. The molecule has 0 saturated carbocycles. The van der Waals surface area contributed by atoms with Crippen LogP contribution in [0, 0.1) is 0 Å². The van der Waals surface area contributed by atoms with E-state index in [1.54, 1.807) is 20.3 Å². The van der Waals surface area contributed by atoms with Gasteiger partial charge >= 0.3 is 0 Å². The van der Waals surface area contributed by atoms with Crippen molar-refractivity contribution in [2.45, 2.75) is 6.04 Å². The van der Waals surface area contributed by atoms with Crippen LogP contribution in [0.1, 0.15) is 16.5 Å². The molecule has 1 unspecified atom stereocenters. The van der Waals surface area contributed by atoms with E-state index < -0.39 is 0 Å². The van der Waals surface area contributed by atoms with Gasteiger partial charge in [0, 0.05) is 16.0 Å². The molecule has 0 bridgehead atoms. The van der Waals surface area contributed by atoms with Gasteiger partial charge in [-0.1, -0.05) is 23.2 Å². The normalized spacial score (nSPS) is 12.2. The lowest BCUT2D eigenvalue weighted by Gasteiger charge is -2.19. The van der Waals surface area contributed by atoms with Gasteiger partial charge in [-0.3, -0.25) is 0 Å². The van der Waals surface area contributed by atoms with Crippen molar-refractivity contribution in [3.63, 3.8) is 0 Å². The Hall–Kier alpha value is -0.940. The molecule has 3 nitrogen and oxygen atoms in total. The fourth-order valence-corrected chi connectivity index (χ4v) is 3.48. The monoisotopic (exact) mass is 331 g/mol. The Labute approximate surface area is 132 Å². The second-order valence-electron chi connectivity index (χ2n) is 4.09. The predicted molar refractivity (Wildman–Crippen MR) is 84.8 cm³/mol. The van der Waals surface area contributed by atoms with E-state index in [0.717, 1.165) is 14.8 Å². The highest BCUT2D eigenvalue weighted by molar-refractivity contribution is 7.16. The summed E-state index contributed by atoms with van der Waals surface area (Å²) in [5, 5.41) is 3.87. The van der Waals surface area contributed by atoms with Crippen molar-refractivity contribution >= 4 is 34.5 Å². The second-order valence-corrected chi connectivity index (χ2v) is 6.25. The van der Waals surface area contributed by atoms with Crippen molar-refractivity contribution in [1.29, 1.82) is 0 Å². The topological polar surface area (TPSA) is 30.5 Å². The van der Waals surface area contributed by atoms with Crippen LogP contribution in [0.25, 0.3) is 0 Å². The van der Waals surface area contributed by atoms with E-state index in [2.05, 4.69) is 5.32 Å². The fraction of sp³-hybridized carbons (Fsp3) is 0.286. The van der Waals surface area contributed by atoms with Crippen LogP contribution in [0.2, 0.25) is 9.36 Å². The van der Waals surface area contributed by atoms with E-state index in [1.165, 1.54) is 11.3 Å². The number of methoxy groups -OCH3 is 2. The van der Waals surface area contributed by atoms with Gasteiger partial charge in [0.15, 0.2) is 11.5 Å². The molecule has 0 saturated heterocycles.